The molecule has 2 heteroatoms. The van der Waals surface area contributed by atoms with Gasteiger partial charge in [0.05, 0.1) is 0 Å². The molecule has 1 atom stereocenters. The van der Waals surface area contributed by atoms with Gasteiger partial charge in [0.15, 0.2) is 0 Å². The third-order valence-corrected chi connectivity index (χ3v) is 12.4. The van der Waals surface area contributed by atoms with Gasteiger partial charge in [0.2, 0.25) is 0 Å². The van der Waals surface area contributed by atoms with Gasteiger partial charge in [-0.3, -0.25) is 0 Å². The van der Waals surface area contributed by atoms with Gasteiger partial charge >= 0.3 is 80.2 Å². The van der Waals surface area contributed by atoms with Gasteiger partial charge < -0.3 is 0 Å². The zero-order valence-electron chi connectivity index (χ0n) is 7.04. The molecule has 0 radical (unpaired) electrons. The molecule has 58 valence electrons. The van der Waals surface area contributed by atoms with Crippen molar-refractivity contribution in [3.8, 4) is 0 Å². The molecule has 1 aromatic rings. The van der Waals surface area contributed by atoms with Crippen molar-refractivity contribution >= 4 is 30.8 Å². The van der Waals surface area contributed by atoms with E-state index >= 15 is 0 Å². The van der Waals surface area contributed by atoms with Gasteiger partial charge in [-0.25, -0.2) is 0 Å². The van der Waals surface area contributed by atoms with Crippen molar-refractivity contribution in [3.63, 3.8) is 0 Å². The maximum absolute atomic E-state index is 3.45. The minimum absolute atomic E-state index is 0.731. The third kappa shape index (κ3) is 0.749. The van der Waals surface area contributed by atoms with Gasteiger partial charge in [-0.1, -0.05) is 0 Å². The van der Waals surface area contributed by atoms with Crippen LogP contribution in [0.2, 0.25) is 0 Å². The molecule has 3 aliphatic heterocycles. The molecule has 0 saturated carbocycles. The van der Waals surface area contributed by atoms with Crippen LogP contribution in [-0.4, -0.2) is 28.5 Å². The van der Waals surface area contributed by atoms with Crippen molar-refractivity contribution in [1.82, 2.24) is 5.32 Å². The molecule has 1 aromatic carbocycles. The first-order valence-electron chi connectivity index (χ1n) is 4.39. The Morgan fingerprint density at radius 3 is 3.17 bits per heavy atom. The summed E-state index contributed by atoms with van der Waals surface area (Å²) in [5.74, 6) is 0. The van der Waals surface area contributed by atoms with E-state index < -0.39 is 21.4 Å². The third-order valence-electron chi connectivity index (χ3n) is 2.98. The average molecular weight is 259 g/mol. The van der Waals surface area contributed by atoms with E-state index in [1.807, 2.05) is 0 Å². The Labute approximate surface area is 80.0 Å². The molecule has 3 aliphatic rings. The molecule has 12 heavy (non-hydrogen) atoms. The minimum atomic E-state index is -1.49. The second-order valence-corrected chi connectivity index (χ2v) is 11.3. The van der Waals surface area contributed by atoms with Gasteiger partial charge in [0.1, 0.15) is 0 Å². The summed E-state index contributed by atoms with van der Waals surface area (Å²) in [6, 6.07) is 6.97. The van der Waals surface area contributed by atoms with E-state index in [9.17, 15) is 0 Å². The zero-order chi connectivity index (χ0) is 8.13. The first-order valence-corrected chi connectivity index (χ1v) is 9.85. The summed E-state index contributed by atoms with van der Waals surface area (Å²) in [4.78, 5) is 0. The molecule has 1 unspecified atom stereocenters. The Morgan fingerprint density at radius 2 is 2.33 bits per heavy atom. The summed E-state index contributed by atoms with van der Waals surface area (Å²) >= 11 is -1.49. The van der Waals surface area contributed by atoms with Crippen LogP contribution in [0, 0.1) is 0 Å². The van der Waals surface area contributed by atoms with Crippen LogP contribution in [0.4, 0.5) is 0 Å². The topological polar surface area (TPSA) is 12.0 Å². The Kier molecular flexibility index (Phi) is 1.44. The van der Waals surface area contributed by atoms with Crippen molar-refractivity contribution in [2.45, 2.75) is 3.80 Å². The standard InChI is InChI=1S/C10H10N.In/c1-3-9-5-4-6-10(7-9)8-11-2;/h1,3-4,6-8,11H,2H3;. The number of hydrogen-bond donors (Lipinski definition) is 1. The first kappa shape index (κ1) is 7.22. The van der Waals surface area contributed by atoms with Crippen LogP contribution in [0.3, 0.4) is 0 Å². The molecule has 0 fully saturated rings. The fourth-order valence-electron chi connectivity index (χ4n) is 2.39. The molecule has 0 aliphatic carbocycles. The average Bonchev–Trinajstić information content (AvgIpc) is 2.46. The van der Waals surface area contributed by atoms with Gasteiger partial charge in [0.25, 0.3) is 0 Å². The van der Waals surface area contributed by atoms with Crippen LogP contribution >= 0.6 is 0 Å². The Hall–Kier alpha value is -0.210. The second-order valence-electron chi connectivity index (χ2n) is 3.54. The summed E-state index contributed by atoms with van der Waals surface area (Å²) in [6.45, 7) is 0. The molecule has 1 N–H and O–H groups in total. The number of fused-ring (bicyclic) bond motifs is 1. The SMILES string of the molecule is CN[CH]1c2cc[c]3c(c2)C=[CH][In]31. The predicted octanol–water partition coefficient (Wildman–Crippen LogP) is 0.768. The monoisotopic (exact) mass is 259 g/mol. The molecule has 1 nitrogen and oxygen atoms in total. The van der Waals surface area contributed by atoms with Crippen molar-refractivity contribution in [2.24, 2.45) is 0 Å². The quantitative estimate of drug-likeness (QED) is 0.785. The van der Waals surface area contributed by atoms with Gasteiger partial charge in [-0.15, -0.1) is 0 Å². The van der Waals surface area contributed by atoms with E-state index in [1.165, 1.54) is 11.1 Å². The summed E-state index contributed by atoms with van der Waals surface area (Å²) in [6.07, 6.45) is 2.33. The molecule has 0 saturated heterocycles. The normalized spacial score (nSPS) is 22.4. The van der Waals surface area contributed by atoms with E-state index in [2.05, 4.69) is 40.5 Å². The summed E-state index contributed by atoms with van der Waals surface area (Å²) < 4.78 is 4.95. The van der Waals surface area contributed by atoms with E-state index in [0.29, 0.717) is 0 Å². The molecular formula is C10H10InN. The molecule has 3 heterocycles. The van der Waals surface area contributed by atoms with Crippen molar-refractivity contribution in [2.75, 3.05) is 7.05 Å². The number of benzene rings is 1. The van der Waals surface area contributed by atoms with E-state index in [1.54, 1.807) is 3.32 Å². The van der Waals surface area contributed by atoms with Gasteiger partial charge in [0, 0.05) is 0 Å². The number of rotatable bonds is 1. The van der Waals surface area contributed by atoms with Crippen molar-refractivity contribution in [3.05, 3.63) is 33.2 Å². The van der Waals surface area contributed by atoms with Crippen LogP contribution in [0.25, 0.3) is 6.08 Å². The van der Waals surface area contributed by atoms with Crippen LogP contribution in [0.1, 0.15) is 14.9 Å². The first-order chi connectivity index (χ1) is 5.90. The predicted molar refractivity (Wildman–Crippen MR) is 52.7 cm³/mol. The van der Waals surface area contributed by atoms with Crippen LogP contribution in [0.15, 0.2) is 22.0 Å². The molecular weight excluding hydrogens is 249 g/mol. The van der Waals surface area contributed by atoms with Gasteiger partial charge in [-0.2, -0.15) is 0 Å². The zero-order valence-corrected chi connectivity index (χ0v) is 10.3. The maximum atomic E-state index is 3.45. The molecule has 0 aromatic heterocycles. The summed E-state index contributed by atoms with van der Waals surface area (Å²) in [7, 11) is 2.09. The van der Waals surface area contributed by atoms with Crippen LogP contribution in [0.5, 0.6) is 0 Å². The fourth-order valence-corrected chi connectivity index (χ4v) is 11.1. The van der Waals surface area contributed by atoms with Crippen molar-refractivity contribution in [1.29, 1.82) is 0 Å². The number of hydrogen-bond acceptors (Lipinski definition) is 1. The van der Waals surface area contributed by atoms with Crippen molar-refractivity contribution < 1.29 is 0 Å². The van der Waals surface area contributed by atoms with E-state index in [0.717, 1.165) is 3.80 Å². The van der Waals surface area contributed by atoms with E-state index in [-0.39, 0.29) is 0 Å². The second kappa shape index (κ2) is 2.39. The number of nitrogens with one attached hydrogen (secondary N) is 1. The Morgan fingerprint density at radius 1 is 1.42 bits per heavy atom. The molecule has 4 bridgehead atoms. The Bertz CT molecular complexity index is 370. The summed E-state index contributed by atoms with van der Waals surface area (Å²) in [5.41, 5.74) is 3.04. The Balaban J connectivity index is 2.27. The molecule has 4 rings (SSSR count). The van der Waals surface area contributed by atoms with E-state index in [4.69, 9.17) is 0 Å². The summed E-state index contributed by atoms with van der Waals surface area (Å²) in [5, 5.41) is 3.45. The van der Waals surface area contributed by atoms with Crippen LogP contribution < -0.4 is 8.64 Å². The van der Waals surface area contributed by atoms with Crippen LogP contribution in [-0.2, 0) is 0 Å². The molecule has 0 amide bonds. The fraction of sp³-hybridized carbons (Fsp3) is 0.200. The molecule has 0 spiro atoms. The van der Waals surface area contributed by atoms with Gasteiger partial charge in [-0.05, 0) is 0 Å².